The summed E-state index contributed by atoms with van der Waals surface area (Å²) in [6.07, 6.45) is 0. The highest BCUT2D eigenvalue weighted by molar-refractivity contribution is 8.16. The monoisotopic (exact) mass is 385 g/mol. The number of aryl methyl sites for hydroxylation is 1. The molecule has 4 rings (SSSR count). The Morgan fingerprint density at radius 2 is 2.00 bits per heavy atom. The van der Waals surface area contributed by atoms with Gasteiger partial charge in [0.05, 0.1) is 18.0 Å². The average Bonchev–Trinajstić information content (AvgIpc) is 3.18. The first-order valence-electron chi connectivity index (χ1n) is 8.35. The van der Waals surface area contributed by atoms with Crippen LogP contribution >= 0.6 is 11.8 Å². The fraction of sp³-hybridized carbons (Fsp3) is 0.211. The quantitative estimate of drug-likeness (QED) is 0.853. The second kappa shape index (κ2) is 6.81. The van der Waals surface area contributed by atoms with Crippen LogP contribution in [0.25, 0.3) is 5.70 Å². The van der Waals surface area contributed by atoms with E-state index in [1.807, 2.05) is 43.3 Å². The Bertz CT molecular complexity index is 996. The molecule has 2 heterocycles. The summed E-state index contributed by atoms with van der Waals surface area (Å²) in [5.74, 6) is -0.0359. The minimum absolute atomic E-state index is 0.0359. The number of nitrogens with one attached hydrogen (secondary N) is 1. The topological polar surface area (TPSA) is 61.8 Å². The molecule has 0 aromatic heterocycles. The third-order valence-corrected chi connectivity index (χ3v) is 6.42. The zero-order chi connectivity index (χ0) is 18.1. The Labute approximate surface area is 157 Å². The number of sulfonamides is 1. The molecular formula is C19H19N3O2S2. The molecule has 2 aliphatic rings. The zero-order valence-electron chi connectivity index (χ0n) is 14.3. The van der Waals surface area contributed by atoms with Gasteiger partial charge in [-0.25, -0.2) is 8.42 Å². The zero-order valence-corrected chi connectivity index (χ0v) is 16.0. The van der Waals surface area contributed by atoms with E-state index in [2.05, 4.69) is 20.0 Å². The van der Waals surface area contributed by atoms with Gasteiger partial charge >= 0.3 is 0 Å². The van der Waals surface area contributed by atoms with E-state index >= 15 is 0 Å². The summed E-state index contributed by atoms with van der Waals surface area (Å²) in [6.45, 7) is 3.68. The smallest absolute Gasteiger partial charge is 0.236 e. The average molecular weight is 386 g/mol. The lowest BCUT2D eigenvalue weighted by Crippen LogP contribution is -2.20. The van der Waals surface area contributed by atoms with Crippen LogP contribution in [0.1, 0.15) is 16.7 Å². The van der Waals surface area contributed by atoms with Crippen LogP contribution in [0.4, 0.5) is 5.69 Å². The molecular weight excluding hydrogens is 366 g/mol. The van der Waals surface area contributed by atoms with Crippen molar-refractivity contribution in [3.8, 4) is 0 Å². The maximum Gasteiger partial charge on any atom is 0.236 e. The first-order chi connectivity index (χ1) is 12.5. The molecule has 5 nitrogen and oxygen atoms in total. The summed E-state index contributed by atoms with van der Waals surface area (Å²) < 4.78 is 27.5. The maximum absolute atomic E-state index is 12.4. The van der Waals surface area contributed by atoms with Crippen LogP contribution in [0, 0.1) is 6.92 Å². The molecule has 2 aromatic rings. The molecule has 1 N–H and O–H groups in total. The second-order valence-corrected chi connectivity index (χ2v) is 8.92. The minimum Gasteiger partial charge on any atom is -0.318 e. The summed E-state index contributed by atoms with van der Waals surface area (Å²) in [5.41, 5.74) is 4.59. The van der Waals surface area contributed by atoms with Gasteiger partial charge in [0.1, 0.15) is 0 Å². The third kappa shape index (κ3) is 3.64. The predicted molar refractivity (Wildman–Crippen MR) is 108 cm³/mol. The molecule has 0 radical (unpaired) electrons. The van der Waals surface area contributed by atoms with Crippen molar-refractivity contribution in [2.45, 2.75) is 12.7 Å². The van der Waals surface area contributed by atoms with E-state index in [0.717, 1.165) is 40.6 Å². The Hall–Kier alpha value is -2.25. The molecule has 0 unspecified atom stereocenters. The highest BCUT2D eigenvalue weighted by atomic mass is 32.2. The van der Waals surface area contributed by atoms with Gasteiger partial charge in [-0.15, -0.1) is 0 Å². The molecule has 0 amide bonds. The SMILES string of the molecule is Cc1cccc(CS(=O)(=O)Nc2ccc(C3=CSC4=NCCN34)cc2)c1. The lowest BCUT2D eigenvalue weighted by atomic mass is 10.1. The molecule has 2 aromatic carbocycles. The Morgan fingerprint density at radius 3 is 2.77 bits per heavy atom. The lowest BCUT2D eigenvalue weighted by molar-refractivity contribution is 0.600. The molecule has 2 aliphatic heterocycles. The van der Waals surface area contributed by atoms with E-state index in [9.17, 15) is 8.42 Å². The van der Waals surface area contributed by atoms with Gasteiger partial charge in [0.2, 0.25) is 10.0 Å². The predicted octanol–water partition coefficient (Wildman–Crippen LogP) is 3.65. The number of aliphatic imine (C=N–C) groups is 1. The minimum atomic E-state index is -3.45. The van der Waals surface area contributed by atoms with Crippen molar-refractivity contribution < 1.29 is 8.42 Å². The molecule has 0 spiro atoms. The van der Waals surface area contributed by atoms with E-state index in [4.69, 9.17) is 0 Å². The van der Waals surface area contributed by atoms with Crippen molar-refractivity contribution in [3.63, 3.8) is 0 Å². The Balaban J connectivity index is 1.46. The summed E-state index contributed by atoms with van der Waals surface area (Å²) >= 11 is 1.63. The maximum atomic E-state index is 12.4. The summed E-state index contributed by atoms with van der Waals surface area (Å²) in [6, 6.07) is 15.0. The summed E-state index contributed by atoms with van der Waals surface area (Å²) in [5, 5.41) is 3.14. The van der Waals surface area contributed by atoms with Crippen LogP contribution in [-0.4, -0.2) is 31.6 Å². The molecule has 0 atom stereocenters. The molecule has 0 aliphatic carbocycles. The van der Waals surface area contributed by atoms with Gasteiger partial charge < -0.3 is 4.90 Å². The first kappa shape index (κ1) is 17.2. The van der Waals surface area contributed by atoms with E-state index in [-0.39, 0.29) is 5.75 Å². The van der Waals surface area contributed by atoms with Gasteiger partial charge in [0, 0.05) is 17.6 Å². The number of amidine groups is 1. The van der Waals surface area contributed by atoms with Crippen molar-refractivity contribution in [2.24, 2.45) is 4.99 Å². The van der Waals surface area contributed by atoms with E-state index in [0.29, 0.717) is 5.69 Å². The number of hydrogen-bond acceptors (Lipinski definition) is 5. The Kier molecular flexibility index (Phi) is 4.50. The summed E-state index contributed by atoms with van der Waals surface area (Å²) in [4.78, 5) is 6.64. The van der Waals surface area contributed by atoms with Crippen LogP contribution in [0.2, 0.25) is 0 Å². The molecule has 7 heteroatoms. The van der Waals surface area contributed by atoms with Crippen LogP contribution < -0.4 is 4.72 Å². The van der Waals surface area contributed by atoms with Crippen molar-refractivity contribution in [2.75, 3.05) is 17.8 Å². The normalized spacial score (nSPS) is 16.3. The van der Waals surface area contributed by atoms with Crippen LogP contribution in [0.5, 0.6) is 0 Å². The standard InChI is InChI=1S/C19H19N3O2S2/c1-14-3-2-4-15(11-14)13-26(23,24)21-17-7-5-16(6-8-17)18-12-25-19-20-9-10-22(18)19/h2-8,11-12,21H,9-10,13H2,1H3. The van der Waals surface area contributed by atoms with E-state index in [1.54, 1.807) is 23.9 Å². The lowest BCUT2D eigenvalue weighted by Gasteiger charge is -2.17. The molecule has 0 bridgehead atoms. The van der Waals surface area contributed by atoms with Crippen LogP contribution in [0.3, 0.4) is 0 Å². The fourth-order valence-electron chi connectivity index (χ4n) is 3.09. The first-order valence-corrected chi connectivity index (χ1v) is 10.9. The van der Waals surface area contributed by atoms with Gasteiger partial charge in [0.15, 0.2) is 5.17 Å². The van der Waals surface area contributed by atoms with Crippen molar-refractivity contribution in [1.29, 1.82) is 0 Å². The number of anilines is 1. The number of rotatable bonds is 5. The number of hydrogen-bond donors (Lipinski definition) is 1. The van der Waals surface area contributed by atoms with Crippen molar-refractivity contribution >= 4 is 38.3 Å². The number of thioether (sulfide) groups is 1. The molecule has 0 saturated heterocycles. The van der Waals surface area contributed by atoms with E-state index < -0.39 is 10.0 Å². The molecule has 0 saturated carbocycles. The highest BCUT2D eigenvalue weighted by Gasteiger charge is 2.26. The molecule has 134 valence electrons. The van der Waals surface area contributed by atoms with Gasteiger partial charge in [-0.1, -0.05) is 53.7 Å². The van der Waals surface area contributed by atoms with Gasteiger partial charge in [-0.05, 0) is 30.2 Å². The van der Waals surface area contributed by atoms with Crippen LogP contribution in [-0.2, 0) is 15.8 Å². The summed E-state index contributed by atoms with van der Waals surface area (Å²) in [7, 11) is -3.45. The third-order valence-electron chi connectivity index (χ3n) is 4.26. The van der Waals surface area contributed by atoms with Crippen LogP contribution in [0.15, 0.2) is 58.9 Å². The van der Waals surface area contributed by atoms with Gasteiger partial charge in [-0.2, -0.15) is 0 Å². The van der Waals surface area contributed by atoms with Crippen molar-refractivity contribution in [3.05, 3.63) is 70.6 Å². The highest BCUT2D eigenvalue weighted by Crippen LogP contribution is 2.35. The Morgan fingerprint density at radius 1 is 1.19 bits per heavy atom. The van der Waals surface area contributed by atoms with Crippen molar-refractivity contribution in [1.82, 2.24) is 4.90 Å². The second-order valence-electron chi connectivity index (χ2n) is 6.36. The number of nitrogens with zero attached hydrogens (tertiary/aromatic N) is 2. The number of benzene rings is 2. The van der Waals surface area contributed by atoms with Gasteiger partial charge in [-0.3, -0.25) is 9.71 Å². The molecule has 26 heavy (non-hydrogen) atoms. The van der Waals surface area contributed by atoms with E-state index in [1.165, 1.54) is 0 Å². The largest absolute Gasteiger partial charge is 0.318 e. The van der Waals surface area contributed by atoms with Gasteiger partial charge in [0.25, 0.3) is 0 Å². The fourth-order valence-corrected chi connectivity index (χ4v) is 5.24. The molecule has 0 fully saturated rings. The number of fused-ring (bicyclic) bond motifs is 1.